The summed E-state index contributed by atoms with van der Waals surface area (Å²) in [4.78, 5) is 24.9. The Kier molecular flexibility index (Phi) is 5.36. The standard InChI is InChI=1S/C19H21N3O4/c1-21(11-12-26-16-5-3-2-4-6-16)19(23)14-7-10-17(20-15-8-9-15)18(13-14)22(24)25/h2-7,10,13,15,20H,8-9,11-12H2,1H3. The molecule has 2 aromatic rings. The van der Waals surface area contributed by atoms with Crippen molar-refractivity contribution in [3.63, 3.8) is 0 Å². The molecule has 0 aliphatic heterocycles. The van der Waals surface area contributed by atoms with Crippen LogP contribution in [0.15, 0.2) is 48.5 Å². The van der Waals surface area contributed by atoms with Gasteiger partial charge in [0.2, 0.25) is 0 Å². The van der Waals surface area contributed by atoms with Gasteiger partial charge >= 0.3 is 0 Å². The summed E-state index contributed by atoms with van der Waals surface area (Å²) in [5.41, 5.74) is 0.682. The van der Waals surface area contributed by atoms with Gasteiger partial charge in [-0.25, -0.2) is 0 Å². The number of carbonyl (C=O) groups excluding carboxylic acids is 1. The number of hydrogen-bond donors (Lipinski definition) is 1. The van der Waals surface area contributed by atoms with E-state index in [1.165, 1.54) is 11.0 Å². The van der Waals surface area contributed by atoms with E-state index in [-0.39, 0.29) is 11.6 Å². The van der Waals surface area contributed by atoms with Crippen LogP contribution < -0.4 is 10.1 Å². The molecular formula is C19H21N3O4. The minimum absolute atomic E-state index is 0.0725. The predicted octanol–water partition coefficient (Wildman–Crippen LogP) is 3.32. The summed E-state index contributed by atoms with van der Waals surface area (Å²) in [7, 11) is 1.65. The minimum Gasteiger partial charge on any atom is -0.492 e. The first kappa shape index (κ1) is 17.7. The minimum atomic E-state index is -0.458. The molecule has 26 heavy (non-hydrogen) atoms. The fourth-order valence-electron chi connectivity index (χ4n) is 2.52. The van der Waals surface area contributed by atoms with E-state index in [2.05, 4.69) is 5.32 Å². The number of amides is 1. The fourth-order valence-corrected chi connectivity index (χ4v) is 2.52. The quantitative estimate of drug-likeness (QED) is 0.580. The van der Waals surface area contributed by atoms with Gasteiger partial charge in [-0.05, 0) is 37.1 Å². The summed E-state index contributed by atoms with van der Waals surface area (Å²) >= 11 is 0. The molecule has 0 aromatic heterocycles. The molecule has 0 spiro atoms. The van der Waals surface area contributed by atoms with Gasteiger partial charge < -0.3 is 15.0 Å². The summed E-state index contributed by atoms with van der Waals surface area (Å²) in [5.74, 6) is 0.460. The third kappa shape index (κ3) is 4.50. The van der Waals surface area contributed by atoms with E-state index >= 15 is 0 Å². The first-order chi connectivity index (χ1) is 12.5. The van der Waals surface area contributed by atoms with E-state index in [4.69, 9.17) is 4.74 Å². The zero-order chi connectivity index (χ0) is 18.5. The summed E-state index contributed by atoms with van der Waals surface area (Å²) < 4.78 is 5.58. The Balaban J connectivity index is 1.62. The second-order valence-electron chi connectivity index (χ2n) is 6.30. The van der Waals surface area contributed by atoms with Gasteiger partial charge in [0, 0.05) is 24.7 Å². The molecule has 0 heterocycles. The van der Waals surface area contributed by atoms with Crippen LogP contribution in [0.1, 0.15) is 23.2 Å². The smallest absolute Gasteiger partial charge is 0.293 e. The molecule has 1 fully saturated rings. The fraction of sp³-hybridized carbons (Fsp3) is 0.316. The molecule has 0 unspecified atom stereocenters. The largest absolute Gasteiger partial charge is 0.492 e. The zero-order valence-electron chi connectivity index (χ0n) is 14.6. The second kappa shape index (κ2) is 7.86. The SMILES string of the molecule is CN(CCOc1ccccc1)C(=O)c1ccc(NC2CC2)c([N+](=O)[O-])c1. The average Bonchev–Trinajstić information content (AvgIpc) is 3.46. The number of nitrogens with one attached hydrogen (secondary N) is 1. The number of likely N-dealkylation sites (N-methyl/N-ethyl adjacent to an activating group) is 1. The molecule has 1 amide bonds. The Bertz CT molecular complexity index is 791. The monoisotopic (exact) mass is 355 g/mol. The van der Waals surface area contributed by atoms with Crippen molar-refractivity contribution < 1.29 is 14.5 Å². The van der Waals surface area contributed by atoms with Crippen LogP contribution in [-0.4, -0.2) is 42.0 Å². The first-order valence-electron chi connectivity index (χ1n) is 8.53. The number of nitrogens with zero attached hydrogens (tertiary/aromatic N) is 2. The van der Waals surface area contributed by atoms with E-state index in [9.17, 15) is 14.9 Å². The molecule has 0 radical (unpaired) electrons. The van der Waals surface area contributed by atoms with Crippen molar-refractivity contribution in [3.8, 4) is 5.75 Å². The number of nitro benzene ring substituents is 1. The van der Waals surface area contributed by atoms with Crippen LogP contribution in [0.25, 0.3) is 0 Å². The Morgan fingerprint density at radius 3 is 2.65 bits per heavy atom. The van der Waals surface area contributed by atoms with Crippen LogP contribution in [0, 0.1) is 10.1 Å². The zero-order valence-corrected chi connectivity index (χ0v) is 14.6. The number of para-hydroxylation sites is 1. The molecule has 3 rings (SSSR count). The van der Waals surface area contributed by atoms with Gasteiger partial charge in [-0.15, -0.1) is 0 Å². The highest BCUT2D eigenvalue weighted by Crippen LogP contribution is 2.31. The maximum atomic E-state index is 12.5. The van der Waals surface area contributed by atoms with Gasteiger partial charge in [-0.3, -0.25) is 14.9 Å². The van der Waals surface area contributed by atoms with Crippen molar-refractivity contribution in [3.05, 3.63) is 64.2 Å². The van der Waals surface area contributed by atoms with Crippen LogP contribution in [0.5, 0.6) is 5.75 Å². The van der Waals surface area contributed by atoms with Gasteiger partial charge in [0.1, 0.15) is 18.0 Å². The molecule has 136 valence electrons. The maximum absolute atomic E-state index is 12.5. The van der Waals surface area contributed by atoms with Crippen molar-refractivity contribution in [2.75, 3.05) is 25.5 Å². The van der Waals surface area contributed by atoms with Crippen LogP contribution in [0.4, 0.5) is 11.4 Å². The highest BCUT2D eigenvalue weighted by atomic mass is 16.6. The van der Waals surface area contributed by atoms with Crippen LogP contribution >= 0.6 is 0 Å². The Morgan fingerprint density at radius 2 is 2.00 bits per heavy atom. The number of nitro groups is 1. The Labute approximate surface area is 151 Å². The van der Waals surface area contributed by atoms with E-state index in [0.717, 1.165) is 18.6 Å². The molecular weight excluding hydrogens is 334 g/mol. The number of benzene rings is 2. The molecule has 1 aliphatic carbocycles. The van der Waals surface area contributed by atoms with Crippen LogP contribution in [0.2, 0.25) is 0 Å². The number of rotatable bonds is 8. The van der Waals surface area contributed by atoms with Crippen molar-refractivity contribution in [1.82, 2.24) is 4.90 Å². The topological polar surface area (TPSA) is 84.7 Å². The molecule has 7 heteroatoms. The van der Waals surface area contributed by atoms with Gasteiger partial charge in [0.15, 0.2) is 0 Å². The van der Waals surface area contributed by atoms with Crippen LogP contribution in [0.3, 0.4) is 0 Å². The number of anilines is 1. The molecule has 0 atom stereocenters. The third-order valence-corrected chi connectivity index (χ3v) is 4.16. The first-order valence-corrected chi connectivity index (χ1v) is 8.53. The van der Waals surface area contributed by atoms with Crippen molar-refractivity contribution in [2.24, 2.45) is 0 Å². The van der Waals surface area contributed by atoms with Crippen molar-refractivity contribution in [2.45, 2.75) is 18.9 Å². The van der Waals surface area contributed by atoms with E-state index < -0.39 is 4.92 Å². The molecule has 0 bridgehead atoms. The summed E-state index contributed by atoms with van der Waals surface area (Å²) in [6, 6.07) is 14.2. The molecule has 2 aromatic carbocycles. The molecule has 1 aliphatic rings. The number of ether oxygens (including phenoxy) is 1. The maximum Gasteiger partial charge on any atom is 0.293 e. The third-order valence-electron chi connectivity index (χ3n) is 4.16. The highest BCUT2D eigenvalue weighted by molar-refractivity contribution is 5.95. The van der Waals surface area contributed by atoms with E-state index in [1.807, 2.05) is 30.3 Å². The van der Waals surface area contributed by atoms with Crippen molar-refractivity contribution >= 4 is 17.3 Å². The molecule has 1 saturated carbocycles. The second-order valence-corrected chi connectivity index (χ2v) is 6.30. The van der Waals surface area contributed by atoms with E-state index in [1.54, 1.807) is 19.2 Å². The van der Waals surface area contributed by atoms with Gasteiger partial charge in [0.05, 0.1) is 11.5 Å². The highest BCUT2D eigenvalue weighted by Gasteiger charge is 2.26. The van der Waals surface area contributed by atoms with Gasteiger partial charge in [0.25, 0.3) is 11.6 Å². The summed E-state index contributed by atoms with van der Waals surface area (Å²) in [5, 5.41) is 14.4. The lowest BCUT2D eigenvalue weighted by Crippen LogP contribution is -2.31. The summed E-state index contributed by atoms with van der Waals surface area (Å²) in [6.07, 6.45) is 2.03. The molecule has 7 nitrogen and oxygen atoms in total. The number of hydrogen-bond acceptors (Lipinski definition) is 5. The lowest BCUT2D eigenvalue weighted by molar-refractivity contribution is -0.384. The van der Waals surface area contributed by atoms with Gasteiger partial charge in [-0.2, -0.15) is 0 Å². The van der Waals surface area contributed by atoms with Crippen LogP contribution in [-0.2, 0) is 0 Å². The van der Waals surface area contributed by atoms with Crippen molar-refractivity contribution in [1.29, 1.82) is 0 Å². The lowest BCUT2D eigenvalue weighted by Gasteiger charge is -2.18. The summed E-state index contributed by atoms with van der Waals surface area (Å²) in [6.45, 7) is 0.721. The molecule has 0 saturated heterocycles. The van der Waals surface area contributed by atoms with Gasteiger partial charge in [-0.1, -0.05) is 18.2 Å². The normalized spacial score (nSPS) is 13.1. The lowest BCUT2D eigenvalue weighted by atomic mass is 10.1. The predicted molar refractivity (Wildman–Crippen MR) is 98.6 cm³/mol. The number of carbonyl (C=O) groups is 1. The molecule has 1 N–H and O–H groups in total. The Morgan fingerprint density at radius 1 is 1.27 bits per heavy atom. The van der Waals surface area contributed by atoms with E-state index in [0.29, 0.717) is 30.4 Å². The Hall–Kier alpha value is -3.09. The average molecular weight is 355 g/mol.